The minimum Gasteiger partial charge on any atom is -0.497 e. The molecule has 0 aliphatic rings. The van der Waals surface area contributed by atoms with Crippen molar-refractivity contribution < 1.29 is 9.53 Å². The Morgan fingerprint density at radius 3 is 2.06 bits per heavy atom. The van der Waals surface area contributed by atoms with Gasteiger partial charge in [-0.25, -0.2) is 0 Å². The second-order valence-corrected chi connectivity index (χ2v) is 7.16. The van der Waals surface area contributed by atoms with E-state index >= 15 is 0 Å². The van der Waals surface area contributed by atoms with Crippen LogP contribution in [0, 0.1) is 5.41 Å². The Labute approximate surface area is 125 Å². The van der Waals surface area contributed by atoms with Crippen LogP contribution in [0.1, 0.15) is 31.2 Å². The van der Waals surface area contributed by atoms with Crippen molar-refractivity contribution in [3.05, 3.63) is 29.8 Å². The fourth-order valence-electron chi connectivity index (χ4n) is 1.50. The maximum absolute atomic E-state index is 12.2. The molecule has 18 heavy (non-hydrogen) atoms. The Morgan fingerprint density at radius 2 is 1.67 bits per heavy atom. The van der Waals surface area contributed by atoms with Crippen molar-refractivity contribution in [1.29, 1.82) is 0 Å². The predicted molar refractivity (Wildman–Crippen MR) is 81.8 cm³/mol. The van der Waals surface area contributed by atoms with Crippen LogP contribution >= 0.6 is 31.9 Å². The molecule has 0 aliphatic carbocycles. The smallest absolute Gasteiger partial charge is 0.153 e. The van der Waals surface area contributed by atoms with E-state index < -0.39 is 0 Å². The van der Waals surface area contributed by atoms with Gasteiger partial charge in [0, 0.05) is 5.41 Å². The number of ketones is 1. The molecule has 0 N–H and O–H groups in total. The van der Waals surface area contributed by atoms with Crippen LogP contribution in [0.2, 0.25) is 0 Å². The van der Waals surface area contributed by atoms with E-state index in [0.717, 1.165) is 11.3 Å². The number of alkyl halides is 2. The number of carbonyl (C=O) groups excluding carboxylic acids is 1. The normalized spacial score (nSPS) is 15.0. The maximum Gasteiger partial charge on any atom is 0.153 e. The Kier molecular flexibility index (Phi) is 5.41. The van der Waals surface area contributed by atoms with Gasteiger partial charge in [-0.05, 0) is 17.7 Å². The minimum atomic E-state index is -0.355. The first-order chi connectivity index (χ1) is 8.27. The molecule has 1 aromatic carbocycles. The number of halogens is 2. The lowest BCUT2D eigenvalue weighted by atomic mass is 9.87. The molecule has 2 unspecified atom stereocenters. The molecule has 1 aromatic rings. The summed E-state index contributed by atoms with van der Waals surface area (Å²) in [6, 6.07) is 7.71. The van der Waals surface area contributed by atoms with Gasteiger partial charge in [0.15, 0.2) is 5.78 Å². The quantitative estimate of drug-likeness (QED) is 0.721. The summed E-state index contributed by atoms with van der Waals surface area (Å²) in [5.74, 6) is 0.993. The molecule has 0 bridgehead atoms. The summed E-state index contributed by atoms with van der Waals surface area (Å²) in [6.45, 7) is 5.78. The lowest BCUT2D eigenvalue weighted by Gasteiger charge is -2.24. The molecular formula is C14H18Br2O2. The van der Waals surface area contributed by atoms with Crippen LogP contribution in [-0.2, 0) is 4.79 Å². The SMILES string of the molecule is COc1ccc(C(Br)C(Br)C(=O)C(C)(C)C)cc1. The monoisotopic (exact) mass is 376 g/mol. The maximum atomic E-state index is 12.2. The first-order valence-electron chi connectivity index (χ1n) is 5.73. The third-order valence-corrected chi connectivity index (χ3v) is 5.39. The molecule has 100 valence electrons. The van der Waals surface area contributed by atoms with E-state index in [4.69, 9.17) is 4.74 Å². The summed E-state index contributed by atoms with van der Waals surface area (Å²) in [7, 11) is 1.64. The average Bonchev–Trinajstić information content (AvgIpc) is 2.35. The molecule has 1 rings (SSSR count). The Hall–Kier alpha value is -0.350. The molecule has 2 atom stereocenters. The molecular weight excluding hydrogens is 360 g/mol. The Morgan fingerprint density at radius 1 is 1.17 bits per heavy atom. The van der Waals surface area contributed by atoms with Crippen molar-refractivity contribution in [1.82, 2.24) is 0 Å². The van der Waals surface area contributed by atoms with E-state index in [1.807, 2.05) is 45.0 Å². The molecule has 0 fully saturated rings. The highest BCUT2D eigenvalue weighted by atomic mass is 79.9. The largest absolute Gasteiger partial charge is 0.497 e. The summed E-state index contributed by atoms with van der Waals surface area (Å²) in [6.07, 6.45) is 0. The van der Waals surface area contributed by atoms with E-state index in [2.05, 4.69) is 31.9 Å². The number of carbonyl (C=O) groups is 1. The van der Waals surface area contributed by atoms with Crippen molar-refractivity contribution >= 4 is 37.6 Å². The zero-order valence-corrected chi connectivity index (χ0v) is 14.2. The number of Topliss-reactive ketones (excluding diaryl/α,β-unsaturated/α-hetero) is 1. The van der Waals surface area contributed by atoms with Crippen molar-refractivity contribution in [2.24, 2.45) is 5.41 Å². The lowest BCUT2D eigenvalue weighted by molar-refractivity contribution is -0.125. The molecule has 0 saturated heterocycles. The third kappa shape index (κ3) is 3.82. The van der Waals surface area contributed by atoms with E-state index in [1.54, 1.807) is 7.11 Å². The highest BCUT2D eigenvalue weighted by Crippen LogP contribution is 2.36. The van der Waals surface area contributed by atoms with Crippen LogP contribution in [0.5, 0.6) is 5.75 Å². The summed E-state index contributed by atoms with van der Waals surface area (Å²) in [5, 5.41) is 0. The van der Waals surface area contributed by atoms with E-state index in [-0.39, 0.29) is 20.9 Å². The van der Waals surface area contributed by atoms with Gasteiger partial charge in [0.2, 0.25) is 0 Å². The molecule has 2 nitrogen and oxygen atoms in total. The highest BCUT2D eigenvalue weighted by molar-refractivity contribution is 9.12. The number of benzene rings is 1. The topological polar surface area (TPSA) is 26.3 Å². The van der Waals surface area contributed by atoms with Gasteiger partial charge in [0.1, 0.15) is 5.75 Å². The molecule has 0 heterocycles. The van der Waals surface area contributed by atoms with E-state index in [9.17, 15) is 4.79 Å². The van der Waals surface area contributed by atoms with E-state index in [0.29, 0.717) is 0 Å². The van der Waals surface area contributed by atoms with Gasteiger partial charge in [0.25, 0.3) is 0 Å². The molecule has 0 amide bonds. The summed E-state index contributed by atoms with van der Waals surface area (Å²) < 4.78 is 5.12. The highest BCUT2D eigenvalue weighted by Gasteiger charge is 2.32. The lowest BCUT2D eigenvalue weighted by Crippen LogP contribution is -2.31. The minimum absolute atomic E-state index is 0.0462. The van der Waals surface area contributed by atoms with Crippen LogP contribution in [0.4, 0.5) is 0 Å². The Balaban J connectivity index is 2.86. The van der Waals surface area contributed by atoms with Gasteiger partial charge in [-0.3, -0.25) is 4.79 Å². The zero-order chi connectivity index (χ0) is 13.9. The van der Waals surface area contributed by atoms with Crippen LogP contribution in [-0.4, -0.2) is 17.7 Å². The molecule has 0 spiro atoms. The van der Waals surface area contributed by atoms with Crippen molar-refractivity contribution in [3.8, 4) is 5.75 Å². The van der Waals surface area contributed by atoms with Crippen LogP contribution in [0.15, 0.2) is 24.3 Å². The number of rotatable bonds is 4. The van der Waals surface area contributed by atoms with Crippen molar-refractivity contribution in [3.63, 3.8) is 0 Å². The molecule has 0 saturated carbocycles. The van der Waals surface area contributed by atoms with Crippen molar-refractivity contribution in [2.45, 2.75) is 30.4 Å². The fraction of sp³-hybridized carbons (Fsp3) is 0.500. The second kappa shape index (κ2) is 6.20. The molecule has 0 aliphatic heterocycles. The fourth-order valence-corrected chi connectivity index (χ4v) is 3.04. The number of hydrogen-bond acceptors (Lipinski definition) is 2. The summed E-state index contributed by atoms with van der Waals surface area (Å²) in [4.78, 5) is 11.9. The molecule has 4 heteroatoms. The average molecular weight is 378 g/mol. The van der Waals surface area contributed by atoms with E-state index in [1.165, 1.54) is 0 Å². The zero-order valence-electron chi connectivity index (χ0n) is 11.0. The predicted octanol–water partition coefficient (Wildman–Crippen LogP) is 4.51. The summed E-state index contributed by atoms with van der Waals surface area (Å²) in [5.41, 5.74) is 0.697. The van der Waals surface area contributed by atoms with Crippen molar-refractivity contribution in [2.75, 3.05) is 7.11 Å². The second-order valence-electron chi connectivity index (χ2n) is 5.19. The standard InChI is InChI=1S/C14H18Br2O2/c1-14(2,3)13(17)12(16)11(15)9-5-7-10(18-4)8-6-9/h5-8,11-12H,1-4H3. The van der Waals surface area contributed by atoms with Crippen LogP contribution in [0.3, 0.4) is 0 Å². The first-order valence-corrected chi connectivity index (χ1v) is 7.57. The number of methoxy groups -OCH3 is 1. The Bertz CT molecular complexity index is 407. The third-order valence-electron chi connectivity index (χ3n) is 2.68. The van der Waals surface area contributed by atoms with Gasteiger partial charge in [0.05, 0.1) is 16.8 Å². The van der Waals surface area contributed by atoms with Gasteiger partial charge >= 0.3 is 0 Å². The number of hydrogen-bond donors (Lipinski definition) is 0. The molecule has 0 radical (unpaired) electrons. The van der Waals surface area contributed by atoms with Gasteiger partial charge in [-0.15, -0.1) is 0 Å². The van der Waals surface area contributed by atoms with Gasteiger partial charge in [-0.1, -0.05) is 64.8 Å². The van der Waals surface area contributed by atoms with Crippen LogP contribution < -0.4 is 4.74 Å². The first kappa shape index (κ1) is 15.7. The number of ether oxygens (including phenoxy) is 1. The van der Waals surface area contributed by atoms with Gasteiger partial charge < -0.3 is 4.74 Å². The molecule has 0 aromatic heterocycles. The summed E-state index contributed by atoms with van der Waals surface area (Å²) >= 11 is 7.07. The van der Waals surface area contributed by atoms with Crippen LogP contribution in [0.25, 0.3) is 0 Å². The van der Waals surface area contributed by atoms with Gasteiger partial charge in [-0.2, -0.15) is 0 Å².